The SMILES string of the molecule is O=C(c1cccs1)N1N=C(c2ccncc2)CC1c1ccccc1O. The van der Waals surface area contributed by atoms with Crippen LogP contribution in [0.4, 0.5) is 0 Å². The molecule has 5 nitrogen and oxygen atoms in total. The minimum absolute atomic E-state index is 0.160. The fourth-order valence-electron chi connectivity index (χ4n) is 2.94. The molecule has 1 aromatic carbocycles. The van der Waals surface area contributed by atoms with Gasteiger partial charge in [-0.2, -0.15) is 5.10 Å². The van der Waals surface area contributed by atoms with E-state index in [2.05, 4.69) is 10.1 Å². The van der Waals surface area contributed by atoms with Gasteiger partial charge in [0.15, 0.2) is 0 Å². The summed E-state index contributed by atoms with van der Waals surface area (Å²) in [7, 11) is 0. The second kappa shape index (κ2) is 6.49. The molecule has 1 aliphatic heterocycles. The second-order valence-corrected chi connectivity index (χ2v) is 6.64. The van der Waals surface area contributed by atoms with E-state index in [1.165, 1.54) is 16.3 Å². The van der Waals surface area contributed by atoms with Crippen LogP contribution in [0.15, 0.2) is 71.4 Å². The summed E-state index contributed by atoms with van der Waals surface area (Å²) in [6.07, 6.45) is 3.95. The summed E-state index contributed by atoms with van der Waals surface area (Å²) >= 11 is 1.38. The van der Waals surface area contributed by atoms with Crippen LogP contribution in [0.5, 0.6) is 5.75 Å². The number of carbonyl (C=O) groups is 1. The van der Waals surface area contributed by atoms with Crippen LogP contribution in [0.25, 0.3) is 0 Å². The lowest BCUT2D eigenvalue weighted by Gasteiger charge is -2.22. The third-order valence-electron chi connectivity index (χ3n) is 4.16. The Morgan fingerprint density at radius 1 is 1.12 bits per heavy atom. The van der Waals surface area contributed by atoms with Crippen molar-refractivity contribution in [1.29, 1.82) is 0 Å². The van der Waals surface area contributed by atoms with Crippen LogP contribution in [0.3, 0.4) is 0 Å². The number of hydrazone groups is 1. The molecule has 0 radical (unpaired) electrons. The van der Waals surface area contributed by atoms with Gasteiger partial charge in [0.2, 0.25) is 0 Å². The molecule has 1 aliphatic rings. The molecule has 0 aliphatic carbocycles. The molecule has 0 fully saturated rings. The lowest BCUT2D eigenvalue weighted by Crippen LogP contribution is -2.26. The molecular formula is C19H15N3O2S. The smallest absolute Gasteiger partial charge is 0.284 e. The fourth-order valence-corrected chi connectivity index (χ4v) is 3.60. The van der Waals surface area contributed by atoms with Crippen molar-refractivity contribution in [3.8, 4) is 5.75 Å². The number of benzene rings is 1. The average Bonchev–Trinajstić information content (AvgIpc) is 3.32. The minimum atomic E-state index is -0.334. The van der Waals surface area contributed by atoms with Gasteiger partial charge in [-0.1, -0.05) is 24.3 Å². The normalized spacial score (nSPS) is 16.7. The molecule has 0 saturated heterocycles. The molecule has 6 heteroatoms. The summed E-state index contributed by atoms with van der Waals surface area (Å²) in [4.78, 5) is 17.6. The highest BCUT2D eigenvalue weighted by molar-refractivity contribution is 7.12. The van der Waals surface area contributed by atoms with Gasteiger partial charge in [-0.25, -0.2) is 5.01 Å². The number of aromatic nitrogens is 1. The Bertz CT molecular complexity index is 923. The first-order chi connectivity index (χ1) is 12.2. The number of nitrogens with zero attached hydrogens (tertiary/aromatic N) is 3. The molecule has 1 unspecified atom stereocenters. The number of carbonyl (C=O) groups excluding carboxylic acids is 1. The Morgan fingerprint density at radius 3 is 2.64 bits per heavy atom. The van der Waals surface area contributed by atoms with Gasteiger partial charge in [0.1, 0.15) is 5.75 Å². The highest BCUT2D eigenvalue weighted by atomic mass is 32.1. The quantitative estimate of drug-likeness (QED) is 0.781. The summed E-state index contributed by atoms with van der Waals surface area (Å²) < 4.78 is 0. The summed E-state index contributed by atoms with van der Waals surface area (Å²) in [5.41, 5.74) is 2.43. The number of thiophene rings is 1. The molecule has 1 amide bonds. The van der Waals surface area contributed by atoms with E-state index in [0.29, 0.717) is 16.9 Å². The van der Waals surface area contributed by atoms with Crippen LogP contribution in [0.2, 0.25) is 0 Å². The lowest BCUT2D eigenvalue weighted by atomic mass is 9.98. The van der Waals surface area contributed by atoms with Gasteiger partial charge >= 0.3 is 0 Å². The van der Waals surface area contributed by atoms with E-state index in [0.717, 1.165) is 11.3 Å². The Hall–Kier alpha value is -2.99. The highest BCUT2D eigenvalue weighted by Gasteiger charge is 2.35. The number of phenolic OH excluding ortho intramolecular Hbond substituents is 1. The predicted octanol–water partition coefficient (Wildman–Crippen LogP) is 3.84. The zero-order chi connectivity index (χ0) is 17.2. The summed E-state index contributed by atoms with van der Waals surface area (Å²) in [6.45, 7) is 0. The average molecular weight is 349 g/mol. The van der Waals surface area contributed by atoms with Crippen LogP contribution >= 0.6 is 11.3 Å². The fraction of sp³-hybridized carbons (Fsp3) is 0.105. The van der Waals surface area contributed by atoms with Gasteiger partial charge in [-0.05, 0) is 29.6 Å². The number of pyridine rings is 1. The van der Waals surface area contributed by atoms with E-state index in [1.807, 2.05) is 35.7 Å². The van der Waals surface area contributed by atoms with E-state index >= 15 is 0 Å². The zero-order valence-corrected chi connectivity index (χ0v) is 14.1. The largest absolute Gasteiger partial charge is 0.508 e. The van der Waals surface area contributed by atoms with Crippen molar-refractivity contribution in [2.45, 2.75) is 12.5 Å². The number of hydrogen-bond acceptors (Lipinski definition) is 5. The summed E-state index contributed by atoms with van der Waals surface area (Å²) in [5.74, 6) is 0.00923. The Kier molecular flexibility index (Phi) is 4.03. The molecule has 124 valence electrons. The van der Waals surface area contributed by atoms with E-state index in [4.69, 9.17) is 0 Å². The monoisotopic (exact) mass is 349 g/mol. The maximum atomic E-state index is 12.9. The second-order valence-electron chi connectivity index (χ2n) is 5.69. The first-order valence-corrected chi connectivity index (χ1v) is 8.75. The minimum Gasteiger partial charge on any atom is -0.508 e. The van der Waals surface area contributed by atoms with Crippen molar-refractivity contribution in [3.05, 3.63) is 82.3 Å². The highest BCUT2D eigenvalue weighted by Crippen LogP contribution is 2.38. The van der Waals surface area contributed by atoms with Gasteiger partial charge < -0.3 is 5.11 Å². The third kappa shape index (κ3) is 2.92. The van der Waals surface area contributed by atoms with Gasteiger partial charge in [0.05, 0.1) is 16.6 Å². The van der Waals surface area contributed by atoms with Gasteiger partial charge in [-0.3, -0.25) is 9.78 Å². The van der Waals surface area contributed by atoms with E-state index in [1.54, 1.807) is 30.6 Å². The molecule has 4 rings (SSSR count). The molecule has 0 saturated carbocycles. The van der Waals surface area contributed by atoms with Crippen molar-refractivity contribution in [2.75, 3.05) is 0 Å². The van der Waals surface area contributed by atoms with Crippen LogP contribution < -0.4 is 0 Å². The molecule has 0 bridgehead atoms. The lowest BCUT2D eigenvalue weighted by molar-refractivity contribution is 0.0714. The van der Waals surface area contributed by atoms with Crippen LogP contribution in [-0.4, -0.2) is 26.7 Å². The molecule has 1 atom stereocenters. The number of phenols is 1. The number of amides is 1. The van der Waals surface area contributed by atoms with Crippen LogP contribution in [0.1, 0.15) is 33.3 Å². The first kappa shape index (κ1) is 15.5. The Morgan fingerprint density at radius 2 is 1.92 bits per heavy atom. The Labute approximate surface area is 148 Å². The maximum Gasteiger partial charge on any atom is 0.284 e. The number of aromatic hydroxyl groups is 1. The third-order valence-corrected chi connectivity index (χ3v) is 5.02. The van der Waals surface area contributed by atoms with Gasteiger partial charge in [0, 0.05) is 29.9 Å². The van der Waals surface area contributed by atoms with Crippen molar-refractivity contribution >= 4 is 23.0 Å². The van der Waals surface area contributed by atoms with Gasteiger partial charge in [-0.15, -0.1) is 11.3 Å². The number of para-hydroxylation sites is 1. The molecule has 0 spiro atoms. The van der Waals surface area contributed by atoms with Gasteiger partial charge in [0.25, 0.3) is 5.91 Å². The topological polar surface area (TPSA) is 65.8 Å². The molecule has 2 aromatic heterocycles. The number of hydrogen-bond donors (Lipinski definition) is 1. The number of rotatable bonds is 3. The molecule has 3 heterocycles. The van der Waals surface area contributed by atoms with Crippen molar-refractivity contribution < 1.29 is 9.90 Å². The van der Waals surface area contributed by atoms with Crippen molar-refractivity contribution in [1.82, 2.24) is 9.99 Å². The Balaban J connectivity index is 1.75. The summed E-state index contributed by atoms with van der Waals surface area (Å²) in [5, 5.41) is 18.2. The van der Waals surface area contributed by atoms with Crippen LogP contribution in [-0.2, 0) is 0 Å². The van der Waals surface area contributed by atoms with Crippen molar-refractivity contribution in [2.24, 2.45) is 5.10 Å². The standard InChI is InChI=1S/C19H15N3O2S/c23-17-5-2-1-4-14(17)16-12-15(13-7-9-20-10-8-13)21-22(16)19(24)18-6-3-11-25-18/h1-11,16,23H,12H2. The zero-order valence-electron chi connectivity index (χ0n) is 13.2. The molecular weight excluding hydrogens is 334 g/mol. The van der Waals surface area contributed by atoms with Crippen LogP contribution in [0, 0.1) is 0 Å². The molecule has 25 heavy (non-hydrogen) atoms. The summed E-state index contributed by atoms with van der Waals surface area (Å²) in [6, 6.07) is 14.1. The first-order valence-electron chi connectivity index (χ1n) is 7.87. The molecule has 3 aromatic rings. The van der Waals surface area contributed by atoms with Crippen molar-refractivity contribution in [3.63, 3.8) is 0 Å². The predicted molar refractivity (Wildman–Crippen MR) is 96.7 cm³/mol. The molecule has 1 N–H and O–H groups in total. The van der Waals surface area contributed by atoms with E-state index in [-0.39, 0.29) is 17.7 Å². The van der Waals surface area contributed by atoms with E-state index in [9.17, 15) is 9.90 Å². The van der Waals surface area contributed by atoms with E-state index < -0.39 is 0 Å². The maximum absolute atomic E-state index is 12.9.